The number of hydrogen-bond acceptors (Lipinski definition) is 2. The van der Waals surface area contributed by atoms with Crippen LogP contribution in [0.2, 0.25) is 0 Å². The number of amides is 2. The van der Waals surface area contributed by atoms with E-state index in [0.717, 1.165) is 38.8 Å². The van der Waals surface area contributed by atoms with E-state index in [1.807, 2.05) is 4.90 Å². The van der Waals surface area contributed by atoms with Crippen molar-refractivity contribution in [2.75, 3.05) is 19.7 Å². The zero-order valence-electron chi connectivity index (χ0n) is 9.82. The van der Waals surface area contributed by atoms with Gasteiger partial charge < -0.3 is 15.3 Å². The summed E-state index contributed by atoms with van der Waals surface area (Å²) in [4.78, 5) is 13.8. The molecule has 4 heteroatoms. The zero-order chi connectivity index (χ0) is 11.4. The quantitative estimate of drug-likeness (QED) is 0.746. The average Bonchev–Trinajstić information content (AvgIpc) is 2.82. The molecular formula is C12H22N2O2. The molecule has 1 saturated heterocycles. The average molecular weight is 226 g/mol. The minimum Gasteiger partial charge on any atom is -0.396 e. The van der Waals surface area contributed by atoms with Gasteiger partial charge in [-0.3, -0.25) is 0 Å². The lowest BCUT2D eigenvalue weighted by Crippen LogP contribution is -2.47. The lowest BCUT2D eigenvalue weighted by molar-refractivity contribution is 0.135. The largest absolute Gasteiger partial charge is 0.396 e. The highest BCUT2D eigenvalue weighted by Crippen LogP contribution is 2.19. The Labute approximate surface area is 97.0 Å². The molecule has 92 valence electrons. The standard InChI is InChI=1S/C12H22N2O2/c15-9-10-5-7-14(8-6-10)12(16)13-11-3-1-2-4-11/h10-11,15H,1-9H2,(H,13,16). The molecule has 1 aliphatic heterocycles. The molecule has 2 fully saturated rings. The van der Waals surface area contributed by atoms with E-state index in [0.29, 0.717) is 12.0 Å². The summed E-state index contributed by atoms with van der Waals surface area (Å²) in [5.41, 5.74) is 0. The summed E-state index contributed by atoms with van der Waals surface area (Å²) >= 11 is 0. The van der Waals surface area contributed by atoms with Crippen molar-refractivity contribution in [1.29, 1.82) is 0 Å². The fourth-order valence-electron chi connectivity index (χ4n) is 2.65. The molecular weight excluding hydrogens is 204 g/mol. The lowest BCUT2D eigenvalue weighted by Gasteiger charge is -2.32. The van der Waals surface area contributed by atoms with Crippen LogP contribution in [0.5, 0.6) is 0 Å². The van der Waals surface area contributed by atoms with Crippen LogP contribution in [-0.4, -0.2) is 41.8 Å². The van der Waals surface area contributed by atoms with Crippen molar-refractivity contribution in [3.05, 3.63) is 0 Å². The first kappa shape index (κ1) is 11.7. The highest BCUT2D eigenvalue weighted by Gasteiger charge is 2.24. The van der Waals surface area contributed by atoms with Crippen molar-refractivity contribution >= 4 is 6.03 Å². The fourth-order valence-corrected chi connectivity index (χ4v) is 2.65. The molecule has 2 N–H and O–H groups in total. The molecule has 0 aromatic heterocycles. The molecule has 1 heterocycles. The highest BCUT2D eigenvalue weighted by atomic mass is 16.3. The van der Waals surface area contributed by atoms with Crippen LogP contribution in [0.4, 0.5) is 4.79 Å². The summed E-state index contributed by atoms with van der Waals surface area (Å²) in [5, 5.41) is 12.1. The number of likely N-dealkylation sites (tertiary alicyclic amines) is 1. The number of piperidine rings is 1. The molecule has 1 saturated carbocycles. The topological polar surface area (TPSA) is 52.6 Å². The van der Waals surface area contributed by atoms with Gasteiger partial charge in [-0.1, -0.05) is 12.8 Å². The Kier molecular flexibility index (Phi) is 4.04. The molecule has 16 heavy (non-hydrogen) atoms. The molecule has 0 radical (unpaired) electrons. The van der Waals surface area contributed by atoms with Crippen LogP contribution in [0.15, 0.2) is 0 Å². The molecule has 0 spiro atoms. The zero-order valence-corrected chi connectivity index (χ0v) is 9.82. The number of nitrogens with one attached hydrogen (secondary N) is 1. The second-order valence-electron chi connectivity index (χ2n) is 5.04. The van der Waals surface area contributed by atoms with E-state index in [1.54, 1.807) is 0 Å². The first-order valence-electron chi connectivity index (χ1n) is 6.46. The first-order valence-corrected chi connectivity index (χ1v) is 6.46. The van der Waals surface area contributed by atoms with E-state index in [4.69, 9.17) is 5.11 Å². The van der Waals surface area contributed by atoms with Gasteiger partial charge in [-0.2, -0.15) is 0 Å². The molecule has 0 aromatic rings. The van der Waals surface area contributed by atoms with Gasteiger partial charge in [0.1, 0.15) is 0 Å². The Balaban J connectivity index is 1.73. The molecule has 1 aliphatic carbocycles. The Morgan fingerprint density at radius 2 is 1.81 bits per heavy atom. The van der Waals surface area contributed by atoms with Crippen molar-refractivity contribution in [3.8, 4) is 0 Å². The third-order valence-electron chi connectivity index (χ3n) is 3.84. The maximum absolute atomic E-state index is 11.9. The van der Waals surface area contributed by atoms with Gasteiger partial charge in [0.25, 0.3) is 0 Å². The van der Waals surface area contributed by atoms with E-state index >= 15 is 0 Å². The summed E-state index contributed by atoms with van der Waals surface area (Å²) < 4.78 is 0. The van der Waals surface area contributed by atoms with Crippen molar-refractivity contribution < 1.29 is 9.90 Å². The number of hydrogen-bond donors (Lipinski definition) is 2. The van der Waals surface area contributed by atoms with Gasteiger partial charge in [0, 0.05) is 25.7 Å². The molecule has 0 unspecified atom stereocenters. The van der Waals surface area contributed by atoms with Gasteiger partial charge in [0.05, 0.1) is 0 Å². The van der Waals surface area contributed by atoms with Crippen LogP contribution in [0.1, 0.15) is 38.5 Å². The third-order valence-corrected chi connectivity index (χ3v) is 3.84. The van der Waals surface area contributed by atoms with E-state index in [2.05, 4.69) is 5.32 Å². The molecule has 0 bridgehead atoms. The second kappa shape index (κ2) is 5.53. The van der Waals surface area contributed by atoms with E-state index < -0.39 is 0 Å². The van der Waals surface area contributed by atoms with Crippen molar-refractivity contribution in [3.63, 3.8) is 0 Å². The predicted octanol–water partition coefficient (Wildman–Crippen LogP) is 1.34. The van der Waals surface area contributed by atoms with E-state index in [9.17, 15) is 4.79 Å². The van der Waals surface area contributed by atoms with Gasteiger partial charge in [0.2, 0.25) is 0 Å². The number of carbonyl (C=O) groups is 1. The second-order valence-corrected chi connectivity index (χ2v) is 5.04. The number of carbonyl (C=O) groups excluding carboxylic acids is 1. The lowest BCUT2D eigenvalue weighted by atomic mass is 9.98. The van der Waals surface area contributed by atoms with Gasteiger partial charge in [-0.05, 0) is 31.6 Å². The van der Waals surface area contributed by atoms with Gasteiger partial charge in [-0.15, -0.1) is 0 Å². The van der Waals surface area contributed by atoms with E-state index in [-0.39, 0.29) is 12.6 Å². The number of nitrogens with zero attached hydrogens (tertiary/aromatic N) is 1. The highest BCUT2D eigenvalue weighted by molar-refractivity contribution is 5.74. The minimum atomic E-state index is 0.100. The number of aliphatic hydroxyl groups is 1. The maximum atomic E-state index is 11.9. The van der Waals surface area contributed by atoms with Crippen LogP contribution in [-0.2, 0) is 0 Å². The monoisotopic (exact) mass is 226 g/mol. The maximum Gasteiger partial charge on any atom is 0.317 e. The Bertz CT molecular complexity index is 231. The van der Waals surface area contributed by atoms with Gasteiger partial charge in [0.15, 0.2) is 0 Å². The van der Waals surface area contributed by atoms with Crippen LogP contribution in [0.3, 0.4) is 0 Å². The molecule has 0 aromatic carbocycles. The molecule has 4 nitrogen and oxygen atoms in total. The summed E-state index contributed by atoms with van der Waals surface area (Å²) in [6.45, 7) is 1.85. The van der Waals surface area contributed by atoms with Crippen molar-refractivity contribution in [2.45, 2.75) is 44.6 Å². The Morgan fingerprint density at radius 3 is 2.38 bits per heavy atom. The summed E-state index contributed by atoms with van der Waals surface area (Å²) in [7, 11) is 0. The number of rotatable bonds is 2. The van der Waals surface area contributed by atoms with Crippen LogP contribution < -0.4 is 5.32 Å². The normalized spacial score (nSPS) is 23.7. The number of aliphatic hydroxyl groups excluding tert-OH is 1. The van der Waals surface area contributed by atoms with Crippen LogP contribution in [0.25, 0.3) is 0 Å². The minimum absolute atomic E-state index is 0.100. The summed E-state index contributed by atoms with van der Waals surface area (Å²) in [6.07, 6.45) is 6.65. The molecule has 2 amide bonds. The smallest absolute Gasteiger partial charge is 0.317 e. The third kappa shape index (κ3) is 2.88. The SMILES string of the molecule is O=C(NC1CCCC1)N1CCC(CO)CC1. The Hall–Kier alpha value is -0.770. The molecule has 2 aliphatic rings. The first-order chi connectivity index (χ1) is 7.79. The van der Waals surface area contributed by atoms with Crippen molar-refractivity contribution in [1.82, 2.24) is 10.2 Å². The summed E-state index contributed by atoms with van der Waals surface area (Å²) in [6, 6.07) is 0.506. The van der Waals surface area contributed by atoms with Gasteiger partial charge >= 0.3 is 6.03 Å². The van der Waals surface area contributed by atoms with Crippen LogP contribution in [0, 0.1) is 5.92 Å². The predicted molar refractivity (Wildman–Crippen MR) is 62.2 cm³/mol. The molecule has 0 atom stereocenters. The van der Waals surface area contributed by atoms with E-state index in [1.165, 1.54) is 12.8 Å². The summed E-state index contributed by atoms with van der Waals surface area (Å²) in [5.74, 6) is 0.399. The number of urea groups is 1. The van der Waals surface area contributed by atoms with Gasteiger partial charge in [-0.25, -0.2) is 4.79 Å². The molecule has 2 rings (SSSR count). The van der Waals surface area contributed by atoms with Crippen LogP contribution >= 0.6 is 0 Å². The Morgan fingerprint density at radius 1 is 1.19 bits per heavy atom. The fraction of sp³-hybridized carbons (Fsp3) is 0.917. The van der Waals surface area contributed by atoms with Crippen molar-refractivity contribution in [2.24, 2.45) is 5.92 Å².